The Morgan fingerprint density at radius 2 is 1.94 bits per heavy atom. The average molecular weight is 383 g/mol. The molecule has 0 atom stereocenters. The number of rotatable bonds is 6. The lowest BCUT2D eigenvalue weighted by atomic mass is 10.4. The Balaban J connectivity index is 0. The van der Waals surface area contributed by atoms with Crippen LogP contribution in [0.4, 0.5) is 13.2 Å². The van der Waals surface area contributed by atoms with Gasteiger partial charge in [-0.25, -0.2) is 0 Å². The third-order valence-corrected chi connectivity index (χ3v) is 1.67. The third kappa shape index (κ3) is 13.8. The fourth-order valence-electron chi connectivity index (χ4n) is 1.04. The van der Waals surface area contributed by atoms with Crippen LogP contribution in [-0.4, -0.2) is 45.0 Å². The van der Waals surface area contributed by atoms with Gasteiger partial charge in [0.25, 0.3) is 0 Å². The Morgan fingerprint density at radius 1 is 1.33 bits per heavy atom. The largest absolute Gasteiger partial charge is 0.411 e. The quantitative estimate of drug-likeness (QED) is 0.320. The van der Waals surface area contributed by atoms with Gasteiger partial charge in [0, 0.05) is 26.2 Å². The molecule has 0 rings (SSSR count). The molecule has 0 unspecified atom stereocenters. The van der Waals surface area contributed by atoms with Gasteiger partial charge in [0.05, 0.1) is 0 Å². The van der Waals surface area contributed by atoms with E-state index in [1.807, 2.05) is 13.8 Å². The van der Waals surface area contributed by atoms with Crippen molar-refractivity contribution in [3.8, 4) is 0 Å². The first kappa shape index (κ1) is 20.1. The molecule has 0 spiro atoms. The first-order valence-corrected chi connectivity index (χ1v) is 5.47. The van der Waals surface area contributed by atoms with Gasteiger partial charge in [-0.05, 0) is 20.3 Å². The van der Waals surface area contributed by atoms with Gasteiger partial charge >= 0.3 is 6.18 Å². The zero-order valence-corrected chi connectivity index (χ0v) is 13.1. The van der Waals surface area contributed by atoms with Crippen molar-refractivity contribution in [3.63, 3.8) is 0 Å². The van der Waals surface area contributed by atoms with Gasteiger partial charge < -0.3 is 15.4 Å². The number of ether oxygens (including phenoxy) is 1. The van der Waals surface area contributed by atoms with Crippen molar-refractivity contribution in [2.24, 2.45) is 4.99 Å². The summed E-state index contributed by atoms with van der Waals surface area (Å²) in [4.78, 5) is 3.96. The van der Waals surface area contributed by atoms with Crippen LogP contribution in [-0.2, 0) is 4.74 Å². The highest BCUT2D eigenvalue weighted by Crippen LogP contribution is 2.14. The monoisotopic (exact) mass is 383 g/mol. The van der Waals surface area contributed by atoms with E-state index in [9.17, 15) is 13.2 Å². The smallest absolute Gasteiger partial charge is 0.372 e. The maximum Gasteiger partial charge on any atom is 0.411 e. The van der Waals surface area contributed by atoms with Crippen molar-refractivity contribution in [2.45, 2.75) is 32.5 Å². The molecule has 0 saturated carbocycles. The van der Waals surface area contributed by atoms with E-state index in [1.54, 1.807) is 7.05 Å². The fraction of sp³-hybridized carbons (Fsp3) is 0.900. The van der Waals surface area contributed by atoms with Gasteiger partial charge in [-0.2, -0.15) is 13.2 Å². The van der Waals surface area contributed by atoms with Crippen LogP contribution in [0.15, 0.2) is 4.99 Å². The van der Waals surface area contributed by atoms with Gasteiger partial charge in [-0.1, -0.05) is 0 Å². The van der Waals surface area contributed by atoms with E-state index in [0.717, 1.165) is 0 Å². The molecule has 110 valence electrons. The number of aliphatic imine (C=N–C) groups is 1. The van der Waals surface area contributed by atoms with Gasteiger partial charge in [0.2, 0.25) is 0 Å². The Bertz CT molecular complexity index is 235. The van der Waals surface area contributed by atoms with Crippen molar-refractivity contribution >= 4 is 29.9 Å². The Hall–Kier alpha value is -0.250. The number of alkyl halides is 3. The normalized spacial score (nSPS) is 12.3. The molecule has 4 nitrogen and oxygen atoms in total. The van der Waals surface area contributed by atoms with E-state index >= 15 is 0 Å². The SMILES string of the molecule is CN=C(NCCCOCC(F)(F)F)NC(C)C.I. The zero-order chi connectivity index (χ0) is 13.3. The van der Waals surface area contributed by atoms with Crippen LogP contribution in [0, 0.1) is 0 Å². The van der Waals surface area contributed by atoms with E-state index in [-0.39, 0.29) is 36.6 Å². The standard InChI is InChI=1S/C10H20F3N3O.HI/c1-8(2)16-9(14-3)15-5-4-6-17-7-10(11,12)13;/h8H,4-7H2,1-3H3,(H2,14,15,16);1H. The minimum atomic E-state index is -4.25. The number of nitrogens with one attached hydrogen (secondary N) is 2. The van der Waals surface area contributed by atoms with E-state index in [4.69, 9.17) is 0 Å². The summed E-state index contributed by atoms with van der Waals surface area (Å²) in [5, 5.41) is 6.04. The maximum atomic E-state index is 11.7. The van der Waals surface area contributed by atoms with Gasteiger partial charge in [0.15, 0.2) is 5.96 Å². The Morgan fingerprint density at radius 3 is 2.39 bits per heavy atom. The summed E-state index contributed by atoms with van der Waals surface area (Å²) in [6.07, 6.45) is -3.75. The molecule has 0 aliphatic rings. The molecule has 0 heterocycles. The third-order valence-electron chi connectivity index (χ3n) is 1.67. The van der Waals surface area contributed by atoms with Crippen molar-refractivity contribution < 1.29 is 17.9 Å². The van der Waals surface area contributed by atoms with Crippen LogP contribution in [0.25, 0.3) is 0 Å². The highest BCUT2D eigenvalue weighted by molar-refractivity contribution is 14.0. The summed E-state index contributed by atoms with van der Waals surface area (Å²) in [6.45, 7) is 3.35. The van der Waals surface area contributed by atoms with Gasteiger partial charge in [-0.3, -0.25) is 4.99 Å². The van der Waals surface area contributed by atoms with Crippen LogP contribution >= 0.6 is 24.0 Å². The molecule has 0 aliphatic heterocycles. The van der Waals surface area contributed by atoms with Crippen molar-refractivity contribution in [2.75, 3.05) is 26.8 Å². The molecule has 0 aromatic rings. The number of hydrogen-bond donors (Lipinski definition) is 2. The summed E-state index contributed by atoms with van der Waals surface area (Å²) >= 11 is 0. The predicted molar refractivity (Wildman–Crippen MR) is 76.5 cm³/mol. The van der Waals surface area contributed by atoms with E-state index in [1.165, 1.54) is 0 Å². The summed E-state index contributed by atoms with van der Waals surface area (Å²) in [5.74, 6) is 0.635. The highest BCUT2D eigenvalue weighted by Gasteiger charge is 2.27. The summed E-state index contributed by atoms with van der Waals surface area (Å²) < 4.78 is 39.6. The molecular weight excluding hydrogens is 362 g/mol. The number of guanidine groups is 1. The van der Waals surface area contributed by atoms with E-state index in [0.29, 0.717) is 18.9 Å². The first-order chi connectivity index (χ1) is 7.85. The molecule has 0 aliphatic carbocycles. The summed E-state index contributed by atoms with van der Waals surface area (Å²) in [6, 6.07) is 0.252. The Labute approximate surface area is 123 Å². The molecule has 0 aromatic heterocycles. The lowest BCUT2D eigenvalue weighted by Gasteiger charge is -2.14. The second-order valence-electron chi connectivity index (χ2n) is 3.82. The van der Waals surface area contributed by atoms with Gasteiger partial charge in [0.1, 0.15) is 6.61 Å². The molecule has 0 saturated heterocycles. The van der Waals surface area contributed by atoms with Crippen LogP contribution < -0.4 is 10.6 Å². The van der Waals surface area contributed by atoms with Crippen LogP contribution in [0.2, 0.25) is 0 Å². The van der Waals surface area contributed by atoms with Crippen molar-refractivity contribution in [1.29, 1.82) is 0 Å². The minimum Gasteiger partial charge on any atom is -0.372 e. The summed E-state index contributed by atoms with van der Waals surface area (Å²) in [7, 11) is 1.64. The molecule has 0 fully saturated rings. The first-order valence-electron chi connectivity index (χ1n) is 5.47. The topological polar surface area (TPSA) is 45.7 Å². The molecule has 0 aromatic carbocycles. The van der Waals surface area contributed by atoms with Crippen molar-refractivity contribution in [1.82, 2.24) is 10.6 Å². The van der Waals surface area contributed by atoms with Crippen LogP contribution in [0.3, 0.4) is 0 Å². The molecule has 0 amide bonds. The van der Waals surface area contributed by atoms with Gasteiger partial charge in [-0.15, -0.1) is 24.0 Å². The highest BCUT2D eigenvalue weighted by atomic mass is 127. The molecule has 0 bridgehead atoms. The van der Waals surface area contributed by atoms with Crippen LogP contribution in [0.5, 0.6) is 0 Å². The molecule has 8 heteroatoms. The lowest BCUT2D eigenvalue weighted by molar-refractivity contribution is -0.173. The van der Waals surface area contributed by atoms with E-state index in [2.05, 4.69) is 20.4 Å². The van der Waals surface area contributed by atoms with E-state index < -0.39 is 12.8 Å². The number of halogens is 4. The molecule has 18 heavy (non-hydrogen) atoms. The Kier molecular flexibility index (Phi) is 11.9. The second kappa shape index (κ2) is 10.7. The van der Waals surface area contributed by atoms with Crippen LogP contribution in [0.1, 0.15) is 20.3 Å². The molecule has 2 N–H and O–H groups in total. The molecular formula is C10H21F3IN3O. The van der Waals surface area contributed by atoms with Crippen molar-refractivity contribution in [3.05, 3.63) is 0 Å². The summed E-state index contributed by atoms with van der Waals surface area (Å²) in [5.41, 5.74) is 0. The predicted octanol–water partition coefficient (Wildman–Crippen LogP) is 2.15. The number of hydrogen-bond acceptors (Lipinski definition) is 2. The maximum absolute atomic E-state index is 11.7. The fourth-order valence-corrected chi connectivity index (χ4v) is 1.04. The minimum absolute atomic E-state index is 0. The lowest BCUT2D eigenvalue weighted by Crippen LogP contribution is -2.41. The second-order valence-corrected chi connectivity index (χ2v) is 3.82. The molecule has 0 radical (unpaired) electrons. The number of nitrogens with zero attached hydrogens (tertiary/aromatic N) is 1. The zero-order valence-electron chi connectivity index (χ0n) is 10.8. The average Bonchev–Trinajstić information content (AvgIpc) is 2.19.